The first kappa shape index (κ1) is 8.68. The second-order valence-electron chi connectivity index (χ2n) is 2.27. The number of halogens is 2. The minimum atomic E-state index is -0.164. The molecule has 0 atom stereocenters. The van der Waals surface area contributed by atoms with Gasteiger partial charge >= 0.3 is 0 Å². The van der Waals surface area contributed by atoms with Crippen LogP contribution < -0.4 is 5.32 Å². The molecule has 0 aliphatic heterocycles. The van der Waals surface area contributed by atoms with Crippen LogP contribution in [0, 0.1) is 5.82 Å². The highest BCUT2D eigenvalue weighted by Crippen LogP contribution is 2.14. The molecule has 0 aliphatic rings. The SMILES string of the molecule is CNCc1cc(Br)ccc1F. The van der Waals surface area contributed by atoms with Gasteiger partial charge in [-0.25, -0.2) is 4.39 Å². The number of hydrogen-bond donors (Lipinski definition) is 1. The molecule has 11 heavy (non-hydrogen) atoms. The van der Waals surface area contributed by atoms with Gasteiger partial charge in [-0.1, -0.05) is 15.9 Å². The molecule has 0 amide bonds. The van der Waals surface area contributed by atoms with Crippen LogP contribution in [-0.4, -0.2) is 7.05 Å². The second-order valence-corrected chi connectivity index (χ2v) is 3.18. The Balaban J connectivity index is 2.93. The summed E-state index contributed by atoms with van der Waals surface area (Å²) in [6.45, 7) is 0.561. The van der Waals surface area contributed by atoms with E-state index in [4.69, 9.17) is 0 Å². The Morgan fingerprint density at radius 3 is 2.91 bits per heavy atom. The molecule has 0 fully saturated rings. The molecule has 0 saturated carbocycles. The van der Waals surface area contributed by atoms with Crippen molar-refractivity contribution in [3.63, 3.8) is 0 Å². The van der Waals surface area contributed by atoms with Gasteiger partial charge in [0.1, 0.15) is 5.82 Å². The Kier molecular flexibility index (Phi) is 3.02. The Bertz CT molecular complexity index is 250. The van der Waals surface area contributed by atoms with Crippen molar-refractivity contribution < 1.29 is 4.39 Å². The van der Waals surface area contributed by atoms with E-state index in [1.54, 1.807) is 19.2 Å². The monoisotopic (exact) mass is 217 g/mol. The van der Waals surface area contributed by atoms with Crippen LogP contribution in [0.4, 0.5) is 4.39 Å². The van der Waals surface area contributed by atoms with Crippen LogP contribution in [0.3, 0.4) is 0 Å². The van der Waals surface area contributed by atoms with Gasteiger partial charge in [-0.15, -0.1) is 0 Å². The fourth-order valence-electron chi connectivity index (χ4n) is 0.869. The van der Waals surface area contributed by atoms with Crippen molar-refractivity contribution in [2.75, 3.05) is 7.05 Å². The molecule has 3 heteroatoms. The molecule has 1 N–H and O–H groups in total. The topological polar surface area (TPSA) is 12.0 Å². The zero-order valence-electron chi connectivity index (χ0n) is 6.20. The smallest absolute Gasteiger partial charge is 0.127 e. The standard InChI is InChI=1S/C8H9BrFN/c1-11-5-6-4-7(9)2-3-8(6)10/h2-4,11H,5H2,1H3. The van der Waals surface area contributed by atoms with E-state index in [2.05, 4.69) is 21.2 Å². The number of rotatable bonds is 2. The van der Waals surface area contributed by atoms with Crippen LogP contribution in [0.25, 0.3) is 0 Å². The van der Waals surface area contributed by atoms with Crippen molar-refractivity contribution in [2.45, 2.75) is 6.54 Å². The Morgan fingerprint density at radius 1 is 1.55 bits per heavy atom. The fraction of sp³-hybridized carbons (Fsp3) is 0.250. The largest absolute Gasteiger partial charge is 0.316 e. The quantitative estimate of drug-likeness (QED) is 0.803. The third-order valence-electron chi connectivity index (χ3n) is 1.37. The predicted molar refractivity (Wildman–Crippen MR) is 46.9 cm³/mol. The highest BCUT2D eigenvalue weighted by Gasteiger charge is 1.99. The minimum absolute atomic E-state index is 0.164. The summed E-state index contributed by atoms with van der Waals surface area (Å²) in [7, 11) is 1.79. The Morgan fingerprint density at radius 2 is 2.27 bits per heavy atom. The van der Waals surface area contributed by atoms with E-state index in [1.807, 2.05) is 0 Å². The molecular formula is C8H9BrFN. The molecule has 1 aromatic carbocycles. The van der Waals surface area contributed by atoms with E-state index in [0.29, 0.717) is 12.1 Å². The lowest BCUT2D eigenvalue weighted by atomic mass is 10.2. The third kappa shape index (κ3) is 2.27. The molecule has 0 spiro atoms. The molecule has 0 radical (unpaired) electrons. The van der Waals surface area contributed by atoms with Crippen molar-refractivity contribution in [3.8, 4) is 0 Å². The number of hydrogen-bond acceptors (Lipinski definition) is 1. The van der Waals surface area contributed by atoms with E-state index in [1.165, 1.54) is 6.07 Å². The summed E-state index contributed by atoms with van der Waals surface area (Å²) in [5.41, 5.74) is 0.682. The van der Waals surface area contributed by atoms with E-state index in [0.717, 1.165) is 4.47 Å². The zero-order chi connectivity index (χ0) is 8.27. The summed E-state index contributed by atoms with van der Waals surface area (Å²) in [5.74, 6) is -0.164. The predicted octanol–water partition coefficient (Wildman–Crippen LogP) is 2.31. The summed E-state index contributed by atoms with van der Waals surface area (Å²) >= 11 is 3.27. The van der Waals surface area contributed by atoms with Crippen molar-refractivity contribution in [1.82, 2.24) is 5.32 Å². The average Bonchev–Trinajstić information content (AvgIpc) is 1.98. The Labute approximate surface area is 73.7 Å². The summed E-state index contributed by atoms with van der Waals surface area (Å²) in [4.78, 5) is 0. The highest BCUT2D eigenvalue weighted by molar-refractivity contribution is 9.10. The fourth-order valence-corrected chi connectivity index (χ4v) is 1.28. The molecule has 1 rings (SSSR count). The van der Waals surface area contributed by atoms with Crippen molar-refractivity contribution >= 4 is 15.9 Å². The molecule has 0 heterocycles. The van der Waals surface area contributed by atoms with Crippen molar-refractivity contribution in [1.29, 1.82) is 0 Å². The van der Waals surface area contributed by atoms with Crippen LogP contribution in [-0.2, 0) is 6.54 Å². The second kappa shape index (κ2) is 3.83. The summed E-state index contributed by atoms with van der Waals surface area (Å²) < 4.78 is 13.8. The first-order valence-corrected chi connectivity index (χ1v) is 4.12. The lowest BCUT2D eigenvalue weighted by molar-refractivity contribution is 0.600. The van der Waals surface area contributed by atoms with Gasteiger partial charge in [0.25, 0.3) is 0 Å². The van der Waals surface area contributed by atoms with Gasteiger partial charge < -0.3 is 5.32 Å². The molecule has 0 unspecified atom stereocenters. The van der Waals surface area contributed by atoms with E-state index >= 15 is 0 Å². The molecule has 0 aliphatic carbocycles. The molecule has 60 valence electrons. The van der Waals surface area contributed by atoms with Gasteiger partial charge in [0.15, 0.2) is 0 Å². The summed E-state index contributed by atoms with van der Waals surface area (Å²) in [6, 6.07) is 4.91. The van der Waals surface area contributed by atoms with Crippen LogP contribution in [0.15, 0.2) is 22.7 Å². The zero-order valence-corrected chi connectivity index (χ0v) is 7.78. The van der Waals surface area contributed by atoms with Gasteiger partial charge in [0, 0.05) is 16.6 Å². The number of nitrogens with one attached hydrogen (secondary N) is 1. The Hall–Kier alpha value is -0.410. The van der Waals surface area contributed by atoms with Gasteiger partial charge in [-0.05, 0) is 25.2 Å². The minimum Gasteiger partial charge on any atom is -0.316 e. The van der Waals surface area contributed by atoms with E-state index in [9.17, 15) is 4.39 Å². The lowest BCUT2D eigenvalue weighted by Gasteiger charge is -2.01. The van der Waals surface area contributed by atoms with Gasteiger partial charge in [-0.2, -0.15) is 0 Å². The van der Waals surface area contributed by atoms with Gasteiger partial charge in [0.05, 0.1) is 0 Å². The van der Waals surface area contributed by atoms with Crippen molar-refractivity contribution in [3.05, 3.63) is 34.1 Å². The first-order valence-electron chi connectivity index (χ1n) is 3.32. The normalized spacial score (nSPS) is 10.1. The van der Waals surface area contributed by atoms with E-state index < -0.39 is 0 Å². The highest BCUT2D eigenvalue weighted by atomic mass is 79.9. The van der Waals surface area contributed by atoms with Crippen LogP contribution in [0.5, 0.6) is 0 Å². The molecule has 1 aromatic rings. The summed E-state index contributed by atoms with van der Waals surface area (Å²) in [5, 5.41) is 2.89. The third-order valence-corrected chi connectivity index (χ3v) is 1.87. The van der Waals surface area contributed by atoms with E-state index in [-0.39, 0.29) is 5.82 Å². The molecule has 0 bridgehead atoms. The molecular weight excluding hydrogens is 209 g/mol. The van der Waals surface area contributed by atoms with Crippen LogP contribution >= 0.6 is 15.9 Å². The van der Waals surface area contributed by atoms with Gasteiger partial charge in [0.2, 0.25) is 0 Å². The number of benzene rings is 1. The van der Waals surface area contributed by atoms with Crippen molar-refractivity contribution in [2.24, 2.45) is 0 Å². The van der Waals surface area contributed by atoms with Crippen LogP contribution in [0.1, 0.15) is 5.56 Å². The first-order chi connectivity index (χ1) is 5.24. The maximum Gasteiger partial charge on any atom is 0.127 e. The average molecular weight is 218 g/mol. The molecule has 0 saturated heterocycles. The maximum atomic E-state index is 12.9. The van der Waals surface area contributed by atoms with Gasteiger partial charge in [-0.3, -0.25) is 0 Å². The summed E-state index contributed by atoms with van der Waals surface area (Å²) in [6.07, 6.45) is 0. The van der Waals surface area contributed by atoms with Crippen LogP contribution in [0.2, 0.25) is 0 Å². The lowest BCUT2D eigenvalue weighted by Crippen LogP contribution is -2.06. The molecule has 0 aromatic heterocycles. The maximum absolute atomic E-state index is 12.9. The molecule has 1 nitrogen and oxygen atoms in total.